The molecule has 0 radical (unpaired) electrons. The van der Waals surface area contributed by atoms with Crippen LogP contribution < -0.4 is 5.43 Å². The Kier molecular flexibility index (Phi) is 2.62. The molecule has 0 atom stereocenters. The van der Waals surface area contributed by atoms with E-state index in [1.165, 1.54) is 7.11 Å². The maximum Gasteiger partial charge on any atom is 0.346 e. The summed E-state index contributed by atoms with van der Waals surface area (Å²) in [6.07, 6.45) is 0. The summed E-state index contributed by atoms with van der Waals surface area (Å²) >= 11 is 0.981. The van der Waals surface area contributed by atoms with E-state index in [0.717, 1.165) is 11.3 Å². The van der Waals surface area contributed by atoms with Crippen LogP contribution >= 0.6 is 11.3 Å². The van der Waals surface area contributed by atoms with Crippen molar-refractivity contribution in [2.75, 3.05) is 7.11 Å². The minimum Gasteiger partial charge on any atom is -0.499 e. The highest BCUT2D eigenvalue weighted by molar-refractivity contribution is 7.20. The fourth-order valence-electron chi connectivity index (χ4n) is 1.41. The van der Waals surface area contributed by atoms with Gasteiger partial charge in [0.1, 0.15) is 0 Å². The fraction of sp³-hybridized carbons (Fsp3) is 0.0909. The van der Waals surface area contributed by atoms with Gasteiger partial charge < -0.3 is 9.84 Å². The number of ether oxygens (including phenoxy) is 1. The standard InChI is InChI=1S/C11H8O4S/c1-15-10(13)8-9(12)6-4-2-3-5-7(6)16-11(8)14/h2-5,14H,1H3. The highest BCUT2D eigenvalue weighted by atomic mass is 32.1. The smallest absolute Gasteiger partial charge is 0.346 e. The second-order valence-corrected chi connectivity index (χ2v) is 4.13. The van der Waals surface area contributed by atoms with Crippen LogP contribution in [-0.4, -0.2) is 18.2 Å². The Bertz CT molecular complexity index is 615. The Hall–Kier alpha value is -1.88. The number of aromatic hydroxyl groups is 1. The summed E-state index contributed by atoms with van der Waals surface area (Å²) in [5.41, 5.74) is -0.801. The second-order valence-electron chi connectivity index (χ2n) is 3.10. The quantitative estimate of drug-likeness (QED) is 0.766. The van der Waals surface area contributed by atoms with Gasteiger partial charge in [0.05, 0.1) is 7.11 Å². The second kappa shape index (κ2) is 3.94. The van der Waals surface area contributed by atoms with Gasteiger partial charge in [-0.3, -0.25) is 4.79 Å². The number of methoxy groups -OCH3 is 1. The minimum absolute atomic E-state index is 0.300. The lowest BCUT2D eigenvalue weighted by molar-refractivity contribution is 0.0597. The highest BCUT2D eigenvalue weighted by Crippen LogP contribution is 2.27. The van der Waals surface area contributed by atoms with E-state index in [4.69, 9.17) is 0 Å². The van der Waals surface area contributed by atoms with E-state index in [0.29, 0.717) is 10.1 Å². The summed E-state index contributed by atoms with van der Waals surface area (Å²) < 4.78 is 5.09. The van der Waals surface area contributed by atoms with Gasteiger partial charge in [0, 0.05) is 10.1 Å². The lowest BCUT2D eigenvalue weighted by Gasteiger charge is -2.02. The molecule has 0 aliphatic heterocycles. The minimum atomic E-state index is -0.815. The summed E-state index contributed by atoms with van der Waals surface area (Å²) in [6.45, 7) is 0. The van der Waals surface area contributed by atoms with Crippen LogP contribution in [0.2, 0.25) is 0 Å². The van der Waals surface area contributed by atoms with E-state index in [1.807, 2.05) is 0 Å². The van der Waals surface area contributed by atoms with Crippen molar-refractivity contribution >= 4 is 27.4 Å². The van der Waals surface area contributed by atoms with Gasteiger partial charge in [0.15, 0.2) is 10.6 Å². The zero-order valence-electron chi connectivity index (χ0n) is 8.39. The average Bonchev–Trinajstić information content (AvgIpc) is 2.28. The Balaban J connectivity index is 2.86. The van der Waals surface area contributed by atoms with E-state index in [2.05, 4.69) is 4.74 Å². The Morgan fingerprint density at radius 1 is 1.38 bits per heavy atom. The van der Waals surface area contributed by atoms with Crippen LogP contribution in [0.1, 0.15) is 10.4 Å². The van der Waals surface area contributed by atoms with Crippen LogP contribution in [0.25, 0.3) is 10.1 Å². The van der Waals surface area contributed by atoms with Crippen LogP contribution in [0.5, 0.6) is 5.06 Å². The van der Waals surface area contributed by atoms with Gasteiger partial charge in [0.2, 0.25) is 5.43 Å². The van der Waals surface area contributed by atoms with Crippen LogP contribution in [-0.2, 0) is 4.74 Å². The number of rotatable bonds is 1. The zero-order valence-corrected chi connectivity index (χ0v) is 9.21. The molecule has 0 saturated carbocycles. The normalized spacial score (nSPS) is 10.3. The number of hydrogen-bond acceptors (Lipinski definition) is 5. The van der Waals surface area contributed by atoms with Crippen molar-refractivity contribution in [2.45, 2.75) is 0 Å². The van der Waals surface area contributed by atoms with E-state index in [-0.39, 0.29) is 10.6 Å². The van der Waals surface area contributed by atoms with Gasteiger partial charge in [0.25, 0.3) is 0 Å². The molecule has 1 aromatic heterocycles. The molecule has 0 spiro atoms. The number of carbonyl (C=O) groups is 1. The molecule has 0 aliphatic rings. The largest absolute Gasteiger partial charge is 0.499 e. The van der Waals surface area contributed by atoms with Gasteiger partial charge >= 0.3 is 5.97 Å². The van der Waals surface area contributed by atoms with E-state index in [9.17, 15) is 14.7 Å². The molecule has 0 aliphatic carbocycles. The fourth-order valence-corrected chi connectivity index (χ4v) is 2.32. The Labute approximate surface area is 94.7 Å². The van der Waals surface area contributed by atoms with Gasteiger partial charge in [-0.25, -0.2) is 4.79 Å². The van der Waals surface area contributed by atoms with Crippen molar-refractivity contribution in [2.24, 2.45) is 0 Å². The first-order valence-electron chi connectivity index (χ1n) is 4.48. The van der Waals surface area contributed by atoms with Crippen LogP contribution in [0, 0.1) is 0 Å². The molecule has 2 rings (SSSR count). The summed E-state index contributed by atoms with van der Waals surface area (Å²) in [5.74, 6) is -0.815. The molecular formula is C11H8O4S. The number of hydrogen-bond donors (Lipinski definition) is 1. The molecule has 82 valence electrons. The maximum atomic E-state index is 11.9. The lowest BCUT2D eigenvalue weighted by atomic mass is 10.2. The van der Waals surface area contributed by atoms with Crippen LogP contribution in [0.15, 0.2) is 29.1 Å². The Morgan fingerprint density at radius 2 is 2.06 bits per heavy atom. The topological polar surface area (TPSA) is 63.6 Å². The van der Waals surface area contributed by atoms with Crippen LogP contribution in [0.3, 0.4) is 0 Å². The molecule has 4 nitrogen and oxygen atoms in total. The third-order valence-electron chi connectivity index (χ3n) is 2.17. The number of esters is 1. The number of benzene rings is 1. The molecule has 5 heteroatoms. The maximum absolute atomic E-state index is 11.9. The van der Waals surface area contributed by atoms with E-state index >= 15 is 0 Å². The molecule has 1 N–H and O–H groups in total. The zero-order chi connectivity index (χ0) is 11.7. The van der Waals surface area contributed by atoms with Gasteiger partial charge in [-0.1, -0.05) is 23.5 Å². The van der Waals surface area contributed by atoms with Gasteiger partial charge in [-0.2, -0.15) is 0 Å². The molecule has 0 amide bonds. The number of carbonyl (C=O) groups excluding carboxylic acids is 1. The van der Waals surface area contributed by atoms with Gasteiger partial charge in [-0.15, -0.1) is 0 Å². The molecule has 0 bridgehead atoms. The van der Waals surface area contributed by atoms with Crippen molar-refractivity contribution in [1.29, 1.82) is 0 Å². The molecule has 0 unspecified atom stereocenters. The van der Waals surface area contributed by atoms with Crippen LogP contribution in [0.4, 0.5) is 0 Å². The van der Waals surface area contributed by atoms with Gasteiger partial charge in [-0.05, 0) is 12.1 Å². The summed E-state index contributed by atoms with van der Waals surface area (Å²) in [6, 6.07) is 6.78. The highest BCUT2D eigenvalue weighted by Gasteiger charge is 2.19. The average molecular weight is 236 g/mol. The van der Waals surface area contributed by atoms with Crippen molar-refractivity contribution in [3.05, 3.63) is 40.1 Å². The molecule has 2 aromatic rings. The molecule has 0 fully saturated rings. The monoisotopic (exact) mass is 236 g/mol. The first-order valence-corrected chi connectivity index (χ1v) is 5.30. The van der Waals surface area contributed by atoms with Crippen molar-refractivity contribution in [1.82, 2.24) is 0 Å². The van der Waals surface area contributed by atoms with E-state index in [1.54, 1.807) is 24.3 Å². The first kappa shape index (κ1) is 10.6. The summed E-state index contributed by atoms with van der Waals surface area (Å²) in [7, 11) is 1.17. The third kappa shape index (κ3) is 1.55. The molecule has 1 aromatic carbocycles. The molecule has 0 saturated heterocycles. The SMILES string of the molecule is COC(=O)c1c(O)sc2ccccc2c1=O. The molecular weight excluding hydrogens is 228 g/mol. The first-order chi connectivity index (χ1) is 7.65. The summed E-state index contributed by atoms with van der Waals surface area (Å²) in [5, 5.41) is 9.71. The number of fused-ring (bicyclic) bond motifs is 1. The third-order valence-corrected chi connectivity index (χ3v) is 3.14. The predicted octanol–water partition coefficient (Wildman–Crippen LogP) is 1.75. The summed E-state index contributed by atoms with van der Waals surface area (Å²) in [4.78, 5) is 23.2. The molecule has 1 heterocycles. The van der Waals surface area contributed by atoms with Crippen molar-refractivity contribution in [3.8, 4) is 5.06 Å². The van der Waals surface area contributed by atoms with Crippen molar-refractivity contribution < 1.29 is 14.6 Å². The predicted molar refractivity (Wildman–Crippen MR) is 61.1 cm³/mol. The molecule has 16 heavy (non-hydrogen) atoms. The Morgan fingerprint density at radius 3 is 2.75 bits per heavy atom. The lowest BCUT2D eigenvalue weighted by Crippen LogP contribution is -2.15. The van der Waals surface area contributed by atoms with Crippen molar-refractivity contribution in [3.63, 3.8) is 0 Å². The van der Waals surface area contributed by atoms with E-state index < -0.39 is 11.4 Å².